The Labute approximate surface area is 164 Å². The van der Waals surface area contributed by atoms with Gasteiger partial charge in [0.25, 0.3) is 0 Å². The summed E-state index contributed by atoms with van der Waals surface area (Å²) >= 11 is 6.08. The molecule has 0 atom stereocenters. The van der Waals surface area contributed by atoms with Gasteiger partial charge in [0.2, 0.25) is 0 Å². The molecule has 142 valence electrons. The minimum Gasteiger partial charge on any atom is -0.495 e. The Hall–Kier alpha value is -2.31. The SMILES string of the molecule is COc1cc(Nc2ccnc3ccc(S(=O)(=O)C(C)(C)C)cc23)ccc1Cl. The Bertz CT molecular complexity index is 1110. The van der Waals surface area contributed by atoms with Crippen molar-refractivity contribution in [2.45, 2.75) is 30.4 Å². The predicted octanol–water partition coefficient (Wildman–Crippen LogP) is 5.21. The standard InChI is InChI=1S/C20H21ClN2O3S/c1-20(2,3)27(24,25)14-6-8-17-15(12-14)18(9-10-22-17)23-13-5-7-16(21)19(11-13)26-4/h5-12H,1-4H3,(H,22,23). The van der Waals surface area contributed by atoms with E-state index in [0.29, 0.717) is 16.3 Å². The first-order valence-electron chi connectivity index (χ1n) is 8.37. The number of sulfone groups is 1. The normalized spacial score (nSPS) is 12.2. The molecular weight excluding hydrogens is 384 g/mol. The Kier molecular flexibility index (Phi) is 5.06. The number of pyridine rings is 1. The number of benzene rings is 2. The van der Waals surface area contributed by atoms with Gasteiger partial charge in [0.1, 0.15) is 5.75 Å². The number of hydrogen-bond acceptors (Lipinski definition) is 5. The van der Waals surface area contributed by atoms with Gasteiger partial charge in [-0.3, -0.25) is 4.98 Å². The zero-order valence-electron chi connectivity index (χ0n) is 15.6. The first-order valence-corrected chi connectivity index (χ1v) is 10.2. The molecule has 7 heteroatoms. The number of fused-ring (bicyclic) bond motifs is 1. The van der Waals surface area contributed by atoms with Crippen LogP contribution in [0.3, 0.4) is 0 Å². The van der Waals surface area contributed by atoms with Crippen LogP contribution in [0.2, 0.25) is 5.02 Å². The molecule has 0 saturated carbocycles. The summed E-state index contributed by atoms with van der Waals surface area (Å²) < 4.78 is 30.0. The highest BCUT2D eigenvalue weighted by Crippen LogP contribution is 2.33. The predicted molar refractivity (Wildman–Crippen MR) is 110 cm³/mol. The third-order valence-electron chi connectivity index (χ3n) is 4.26. The Morgan fingerprint density at radius 2 is 1.81 bits per heavy atom. The maximum Gasteiger partial charge on any atom is 0.183 e. The number of rotatable bonds is 4. The highest BCUT2D eigenvalue weighted by atomic mass is 35.5. The molecule has 0 radical (unpaired) electrons. The van der Waals surface area contributed by atoms with Crippen LogP contribution < -0.4 is 10.1 Å². The van der Waals surface area contributed by atoms with Gasteiger partial charge in [-0.05, 0) is 57.2 Å². The van der Waals surface area contributed by atoms with Gasteiger partial charge in [0.05, 0.1) is 27.3 Å². The van der Waals surface area contributed by atoms with Crippen molar-refractivity contribution in [1.29, 1.82) is 0 Å². The fourth-order valence-electron chi connectivity index (χ4n) is 2.65. The van der Waals surface area contributed by atoms with Crippen molar-refractivity contribution in [3.63, 3.8) is 0 Å². The minimum absolute atomic E-state index is 0.271. The largest absolute Gasteiger partial charge is 0.495 e. The van der Waals surface area contributed by atoms with Crippen LogP contribution in [-0.2, 0) is 9.84 Å². The summed E-state index contributed by atoms with van der Waals surface area (Å²) in [5, 5.41) is 4.53. The van der Waals surface area contributed by atoms with Crippen molar-refractivity contribution < 1.29 is 13.2 Å². The number of nitrogens with one attached hydrogen (secondary N) is 1. The average molecular weight is 405 g/mol. The second-order valence-electron chi connectivity index (χ2n) is 7.13. The van der Waals surface area contributed by atoms with Gasteiger partial charge in [-0.1, -0.05) is 11.6 Å². The third kappa shape index (κ3) is 3.73. The lowest BCUT2D eigenvalue weighted by atomic mass is 10.2. The van der Waals surface area contributed by atoms with Crippen molar-refractivity contribution in [2.75, 3.05) is 12.4 Å². The summed E-state index contributed by atoms with van der Waals surface area (Å²) in [6.07, 6.45) is 1.68. The zero-order valence-corrected chi connectivity index (χ0v) is 17.1. The number of nitrogens with zero attached hydrogens (tertiary/aromatic N) is 1. The molecule has 0 aliphatic rings. The molecule has 5 nitrogen and oxygen atoms in total. The topological polar surface area (TPSA) is 68.3 Å². The Morgan fingerprint density at radius 3 is 2.48 bits per heavy atom. The van der Waals surface area contributed by atoms with E-state index in [4.69, 9.17) is 16.3 Å². The van der Waals surface area contributed by atoms with Crippen LogP contribution in [0, 0.1) is 0 Å². The number of methoxy groups -OCH3 is 1. The second kappa shape index (κ2) is 7.02. The van der Waals surface area contributed by atoms with Crippen LogP contribution in [0.4, 0.5) is 11.4 Å². The molecule has 0 saturated heterocycles. The third-order valence-corrected chi connectivity index (χ3v) is 7.06. The van der Waals surface area contributed by atoms with E-state index in [1.165, 1.54) is 0 Å². The van der Waals surface area contributed by atoms with Gasteiger partial charge in [-0.15, -0.1) is 0 Å². The molecule has 27 heavy (non-hydrogen) atoms. The van der Waals surface area contributed by atoms with E-state index in [0.717, 1.165) is 16.8 Å². The van der Waals surface area contributed by atoms with Gasteiger partial charge in [0.15, 0.2) is 9.84 Å². The molecule has 3 rings (SSSR count). The lowest BCUT2D eigenvalue weighted by Crippen LogP contribution is -2.27. The maximum absolute atomic E-state index is 12.8. The zero-order chi connectivity index (χ0) is 19.8. The Balaban J connectivity index is 2.10. The van der Waals surface area contributed by atoms with E-state index in [9.17, 15) is 8.42 Å². The van der Waals surface area contributed by atoms with Crippen molar-refractivity contribution in [3.05, 3.63) is 53.7 Å². The van der Waals surface area contributed by atoms with Gasteiger partial charge in [0, 0.05) is 29.0 Å². The lowest BCUT2D eigenvalue weighted by Gasteiger charge is -2.20. The molecule has 3 aromatic rings. The van der Waals surface area contributed by atoms with E-state index in [1.807, 2.05) is 6.07 Å². The highest BCUT2D eigenvalue weighted by Gasteiger charge is 2.31. The molecule has 0 amide bonds. The van der Waals surface area contributed by atoms with E-state index in [-0.39, 0.29) is 4.90 Å². The number of anilines is 2. The summed E-state index contributed by atoms with van der Waals surface area (Å²) in [6, 6.07) is 12.1. The van der Waals surface area contributed by atoms with Crippen molar-refractivity contribution in [1.82, 2.24) is 4.98 Å². The first kappa shape index (κ1) is 19.5. The van der Waals surface area contributed by atoms with Gasteiger partial charge in [-0.25, -0.2) is 8.42 Å². The maximum atomic E-state index is 12.8. The Morgan fingerprint density at radius 1 is 1.07 bits per heavy atom. The van der Waals surface area contributed by atoms with Crippen LogP contribution >= 0.6 is 11.6 Å². The van der Waals surface area contributed by atoms with E-state index < -0.39 is 14.6 Å². The second-order valence-corrected chi connectivity index (χ2v) is 10.2. The summed E-state index contributed by atoms with van der Waals surface area (Å²) in [4.78, 5) is 4.61. The van der Waals surface area contributed by atoms with Crippen LogP contribution in [0.5, 0.6) is 5.75 Å². The van der Waals surface area contributed by atoms with Gasteiger partial charge < -0.3 is 10.1 Å². The summed E-state index contributed by atoms with van der Waals surface area (Å²) in [5.74, 6) is 0.552. The van der Waals surface area contributed by atoms with Gasteiger partial charge >= 0.3 is 0 Å². The van der Waals surface area contributed by atoms with E-state index in [2.05, 4.69) is 10.3 Å². The smallest absolute Gasteiger partial charge is 0.183 e. The molecule has 0 bridgehead atoms. The summed E-state index contributed by atoms with van der Waals surface area (Å²) in [5.41, 5.74) is 2.22. The molecule has 1 aromatic heterocycles. The van der Waals surface area contributed by atoms with Gasteiger partial charge in [-0.2, -0.15) is 0 Å². The number of aromatic nitrogens is 1. The monoisotopic (exact) mass is 404 g/mol. The van der Waals surface area contributed by atoms with Crippen LogP contribution in [0.1, 0.15) is 20.8 Å². The highest BCUT2D eigenvalue weighted by molar-refractivity contribution is 7.92. The fraction of sp³-hybridized carbons (Fsp3) is 0.250. The minimum atomic E-state index is -3.47. The number of hydrogen-bond donors (Lipinski definition) is 1. The molecule has 0 unspecified atom stereocenters. The number of ether oxygens (including phenoxy) is 1. The van der Waals surface area contributed by atoms with E-state index >= 15 is 0 Å². The van der Waals surface area contributed by atoms with Crippen molar-refractivity contribution >= 4 is 43.7 Å². The van der Waals surface area contributed by atoms with Crippen molar-refractivity contribution in [3.8, 4) is 5.75 Å². The van der Waals surface area contributed by atoms with Crippen LogP contribution in [0.25, 0.3) is 10.9 Å². The molecule has 0 aliphatic heterocycles. The van der Waals surface area contributed by atoms with E-state index in [1.54, 1.807) is 70.5 Å². The van der Waals surface area contributed by atoms with Crippen LogP contribution in [0.15, 0.2) is 53.6 Å². The molecular formula is C20H21ClN2O3S. The summed E-state index contributed by atoms with van der Waals surface area (Å²) in [7, 11) is -1.91. The molecule has 2 aromatic carbocycles. The van der Waals surface area contributed by atoms with Crippen molar-refractivity contribution in [2.24, 2.45) is 0 Å². The molecule has 0 fully saturated rings. The number of halogens is 1. The molecule has 0 spiro atoms. The molecule has 1 N–H and O–H groups in total. The lowest BCUT2D eigenvalue weighted by molar-refractivity contribution is 0.415. The quantitative estimate of drug-likeness (QED) is 0.646. The fourth-order valence-corrected chi connectivity index (χ4v) is 4.07. The average Bonchev–Trinajstić information content (AvgIpc) is 2.62. The summed E-state index contributed by atoms with van der Waals surface area (Å²) in [6.45, 7) is 5.07. The van der Waals surface area contributed by atoms with Crippen LogP contribution in [-0.4, -0.2) is 25.3 Å². The molecule has 0 aliphatic carbocycles. The first-order chi connectivity index (χ1) is 12.6. The molecule has 1 heterocycles.